The normalized spacial score (nSPS) is 9.09. The zero-order valence-corrected chi connectivity index (χ0v) is 6.43. The highest BCUT2D eigenvalue weighted by Gasteiger charge is 2.00. The minimum absolute atomic E-state index is 0.202. The number of anilines is 1. The fourth-order valence-electron chi connectivity index (χ4n) is 0.534. The van der Waals surface area contributed by atoms with E-state index < -0.39 is 0 Å². The van der Waals surface area contributed by atoms with Gasteiger partial charge >= 0.3 is 0 Å². The second-order valence-electron chi connectivity index (χ2n) is 1.71. The molecule has 0 amide bonds. The average Bonchev–Trinajstić information content (AvgIpc) is 2.04. The molecule has 0 bridgehead atoms. The van der Waals surface area contributed by atoms with Crippen molar-refractivity contribution in [3.8, 4) is 6.07 Å². The van der Waals surface area contributed by atoms with Gasteiger partial charge in [0.1, 0.15) is 17.5 Å². The Bertz CT molecular complexity index is 304. The molecule has 0 aromatic carbocycles. The van der Waals surface area contributed by atoms with Gasteiger partial charge in [-0.05, 0) is 0 Å². The van der Waals surface area contributed by atoms with Crippen LogP contribution in [0.5, 0.6) is 0 Å². The first kappa shape index (κ1) is 7.82. The molecule has 55 valence electrons. The summed E-state index contributed by atoms with van der Waals surface area (Å²) in [4.78, 5) is 7.62. The first-order chi connectivity index (χ1) is 5.27. The van der Waals surface area contributed by atoms with E-state index >= 15 is 0 Å². The van der Waals surface area contributed by atoms with Gasteiger partial charge in [0.2, 0.25) is 0 Å². The van der Waals surface area contributed by atoms with Crippen LogP contribution in [-0.2, 0) is 0 Å². The zero-order valence-electron chi connectivity index (χ0n) is 5.61. The number of aromatic nitrogens is 2. The Labute approximate surface area is 68.5 Å². The van der Waals surface area contributed by atoms with E-state index in [0.29, 0.717) is 10.7 Å². The van der Waals surface area contributed by atoms with Gasteiger partial charge in [0.15, 0.2) is 5.16 Å². The number of nitrogens with zero attached hydrogens (tertiary/aromatic N) is 3. The van der Waals surface area contributed by atoms with E-state index in [1.165, 1.54) is 6.20 Å². The first-order valence-electron chi connectivity index (χ1n) is 2.72. The van der Waals surface area contributed by atoms with Crippen LogP contribution in [0.25, 0.3) is 0 Å². The van der Waals surface area contributed by atoms with Crippen molar-refractivity contribution in [3.05, 3.63) is 18.0 Å². The van der Waals surface area contributed by atoms with E-state index in [1.54, 1.807) is 0 Å². The SMILES string of the molecule is [CH2]Sc1ncc(C#N)c(N)n1. The summed E-state index contributed by atoms with van der Waals surface area (Å²) in [6.07, 6.45) is 4.89. The quantitative estimate of drug-likeness (QED) is 0.492. The molecule has 1 aromatic rings. The number of hydrogen-bond donors (Lipinski definition) is 1. The molecule has 2 N–H and O–H groups in total. The molecule has 4 nitrogen and oxygen atoms in total. The largest absolute Gasteiger partial charge is 0.382 e. The van der Waals surface area contributed by atoms with Crippen molar-refractivity contribution in [2.45, 2.75) is 5.16 Å². The van der Waals surface area contributed by atoms with Crippen LogP contribution in [0.1, 0.15) is 5.56 Å². The summed E-state index contributed by atoms with van der Waals surface area (Å²) in [5.74, 6) is 0.202. The molecule has 0 aliphatic rings. The number of nitrogen functional groups attached to an aromatic ring is 1. The maximum absolute atomic E-state index is 8.45. The highest BCUT2D eigenvalue weighted by Crippen LogP contribution is 2.13. The summed E-state index contributed by atoms with van der Waals surface area (Å²) < 4.78 is 0. The summed E-state index contributed by atoms with van der Waals surface area (Å²) in [5, 5.41) is 8.92. The highest BCUT2D eigenvalue weighted by molar-refractivity contribution is 8.00. The van der Waals surface area contributed by atoms with Crippen molar-refractivity contribution in [2.24, 2.45) is 0 Å². The van der Waals surface area contributed by atoms with E-state index in [2.05, 4.69) is 16.2 Å². The van der Waals surface area contributed by atoms with Gasteiger partial charge in [-0.3, -0.25) is 0 Å². The highest BCUT2D eigenvalue weighted by atomic mass is 32.2. The number of thioether (sulfide) groups is 1. The van der Waals surface area contributed by atoms with Gasteiger partial charge in [0.25, 0.3) is 0 Å². The number of hydrogen-bond acceptors (Lipinski definition) is 5. The van der Waals surface area contributed by atoms with Crippen LogP contribution < -0.4 is 5.73 Å². The van der Waals surface area contributed by atoms with E-state index in [1.807, 2.05) is 6.07 Å². The number of nitrogens with two attached hydrogens (primary N) is 1. The molecule has 1 aromatic heterocycles. The van der Waals surface area contributed by atoms with Crippen molar-refractivity contribution < 1.29 is 0 Å². The van der Waals surface area contributed by atoms with Gasteiger partial charge in [-0.25, -0.2) is 9.97 Å². The standard InChI is InChI=1S/C6H5N4S/c1-11-6-9-3-4(2-7)5(8)10-6/h3H,1H2,(H2,8,9,10). The van der Waals surface area contributed by atoms with Crippen LogP contribution in [-0.4, -0.2) is 9.97 Å². The summed E-state index contributed by atoms with van der Waals surface area (Å²) in [5.41, 5.74) is 5.69. The second kappa shape index (κ2) is 3.21. The molecule has 5 heteroatoms. The van der Waals surface area contributed by atoms with Gasteiger partial charge in [-0.15, -0.1) is 0 Å². The summed E-state index contributed by atoms with van der Waals surface area (Å²) in [6.45, 7) is 0. The minimum Gasteiger partial charge on any atom is -0.382 e. The van der Waals surface area contributed by atoms with Crippen molar-refractivity contribution in [3.63, 3.8) is 0 Å². The van der Waals surface area contributed by atoms with Crippen molar-refractivity contribution in [1.82, 2.24) is 9.97 Å². The molecule has 1 radical (unpaired) electrons. The van der Waals surface area contributed by atoms with Crippen molar-refractivity contribution in [2.75, 3.05) is 5.73 Å². The van der Waals surface area contributed by atoms with E-state index in [9.17, 15) is 0 Å². The molecular weight excluding hydrogens is 160 g/mol. The number of nitriles is 1. The summed E-state index contributed by atoms with van der Waals surface area (Å²) in [7, 11) is 0. The summed E-state index contributed by atoms with van der Waals surface area (Å²) in [6, 6.07) is 1.87. The Morgan fingerprint density at radius 3 is 2.91 bits per heavy atom. The third-order valence-corrected chi connectivity index (χ3v) is 1.50. The van der Waals surface area contributed by atoms with E-state index in [-0.39, 0.29) is 5.82 Å². The monoisotopic (exact) mass is 165 g/mol. The Balaban J connectivity index is 3.12. The van der Waals surface area contributed by atoms with Crippen LogP contribution >= 0.6 is 11.8 Å². The lowest BCUT2D eigenvalue weighted by Gasteiger charge is -1.96. The van der Waals surface area contributed by atoms with Gasteiger partial charge in [-0.1, -0.05) is 11.8 Å². The van der Waals surface area contributed by atoms with E-state index in [4.69, 9.17) is 11.0 Å². The van der Waals surface area contributed by atoms with Gasteiger partial charge in [-0.2, -0.15) is 5.26 Å². The van der Waals surface area contributed by atoms with Gasteiger partial charge < -0.3 is 5.73 Å². The lowest BCUT2D eigenvalue weighted by molar-refractivity contribution is 0.974. The first-order valence-corrected chi connectivity index (χ1v) is 3.71. The fraction of sp³-hybridized carbons (Fsp3) is 0. The number of rotatable bonds is 1. The van der Waals surface area contributed by atoms with Crippen LogP contribution in [0.15, 0.2) is 11.4 Å². The molecule has 0 aliphatic carbocycles. The van der Waals surface area contributed by atoms with Gasteiger partial charge in [0.05, 0.1) is 6.20 Å². The predicted molar refractivity (Wildman–Crippen MR) is 42.4 cm³/mol. The second-order valence-corrected chi connectivity index (χ2v) is 2.36. The molecule has 0 aliphatic heterocycles. The molecule has 0 saturated heterocycles. The van der Waals surface area contributed by atoms with E-state index in [0.717, 1.165) is 11.8 Å². The van der Waals surface area contributed by atoms with Crippen LogP contribution in [0.2, 0.25) is 0 Å². The average molecular weight is 165 g/mol. The molecule has 0 atom stereocenters. The van der Waals surface area contributed by atoms with Crippen molar-refractivity contribution >= 4 is 17.6 Å². The Morgan fingerprint density at radius 1 is 1.73 bits per heavy atom. The predicted octanol–water partition coefficient (Wildman–Crippen LogP) is 0.814. The molecule has 0 unspecified atom stereocenters. The van der Waals surface area contributed by atoms with Crippen LogP contribution in [0, 0.1) is 17.6 Å². The Hall–Kier alpha value is -1.28. The third kappa shape index (κ3) is 1.59. The molecule has 0 saturated carbocycles. The Morgan fingerprint density at radius 2 is 2.45 bits per heavy atom. The van der Waals surface area contributed by atoms with Crippen LogP contribution in [0.4, 0.5) is 5.82 Å². The van der Waals surface area contributed by atoms with Gasteiger partial charge in [0, 0.05) is 6.26 Å². The van der Waals surface area contributed by atoms with Crippen molar-refractivity contribution in [1.29, 1.82) is 5.26 Å². The molecule has 0 spiro atoms. The molecule has 0 fully saturated rings. The third-order valence-electron chi connectivity index (χ3n) is 1.05. The maximum Gasteiger partial charge on any atom is 0.189 e. The summed E-state index contributed by atoms with van der Waals surface area (Å²) >= 11 is 1.14. The Kier molecular flexibility index (Phi) is 2.28. The fourth-order valence-corrected chi connectivity index (χ4v) is 0.824. The molecular formula is C6H5N4S. The van der Waals surface area contributed by atoms with Crippen LogP contribution in [0.3, 0.4) is 0 Å². The topological polar surface area (TPSA) is 75.6 Å². The zero-order chi connectivity index (χ0) is 8.27. The smallest absolute Gasteiger partial charge is 0.189 e. The lowest BCUT2D eigenvalue weighted by atomic mass is 10.3. The molecule has 1 rings (SSSR count). The minimum atomic E-state index is 0.202. The lowest BCUT2D eigenvalue weighted by Crippen LogP contribution is -1.97. The molecule has 11 heavy (non-hydrogen) atoms. The molecule has 1 heterocycles. The maximum atomic E-state index is 8.45.